The highest BCUT2D eigenvalue weighted by atomic mass is 14.7. The van der Waals surface area contributed by atoms with E-state index in [-0.39, 0.29) is 0 Å². The van der Waals surface area contributed by atoms with Crippen LogP contribution in [0.5, 0.6) is 0 Å². The molecule has 0 spiro atoms. The number of hydrogen-bond donors (Lipinski definition) is 3. The van der Waals surface area contributed by atoms with Crippen LogP contribution in [0.15, 0.2) is 36.5 Å². The molecule has 76 valence electrons. The van der Waals surface area contributed by atoms with Gasteiger partial charge in [-0.1, -0.05) is 0 Å². The average molecular weight is 200 g/mol. The van der Waals surface area contributed by atoms with Crippen molar-refractivity contribution < 1.29 is 0 Å². The van der Waals surface area contributed by atoms with Gasteiger partial charge >= 0.3 is 0 Å². The summed E-state index contributed by atoms with van der Waals surface area (Å²) in [6.07, 6.45) is 1.65. The Labute approximate surface area is 87.7 Å². The van der Waals surface area contributed by atoms with Gasteiger partial charge in [0.25, 0.3) is 0 Å². The first kappa shape index (κ1) is 9.33. The Kier molecular flexibility index (Phi) is 2.17. The summed E-state index contributed by atoms with van der Waals surface area (Å²) in [7, 11) is 0. The summed E-state index contributed by atoms with van der Waals surface area (Å²) < 4.78 is 0. The Morgan fingerprint density at radius 1 is 0.867 bits per heavy atom. The minimum absolute atomic E-state index is 0.641. The third-order valence-electron chi connectivity index (χ3n) is 2.14. The molecule has 0 atom stereocenters. The van der Waals surface area contributed by atoms with Gasteiger partial charge in [0.2, 0.25) is 0 Å². The fraction of sp³-hybridized carbons (Fsp3) is 0. The Hall–Kier alpha value is -2.23. The molecular weight excluding hydrogens is 188 g/mol. The normalized spacial score (nSPS) is 10.1. The van der Waals surface area contributed by atoms with Crippen LogP contribution in [0.25, 0.3) is 11.3 Å². The van der Waals surface area contributed by atoms with E-state index >= 15 is 0 Å². The number of hydrogen-bond acceptors (Lipinski definition) is 4. The lowest BCUT2D eigenvalue weighted by molar-refractivity contribution is 1.33. The van der Waals surface area contributed by atoms with Crippen LogP contribution in [-0.4, -0.2) is 4.98 Å². The summed E-state index contributed by atoms with van der Waals surface area (Å²) in [5.41, 5.74) is 20.7. The Balaban J connectivity index is 2.58. The molecule has 0 fully saturated rings. The van der Waals surface area contributed by atoms with Crippen molar-refractivity contribution in [3.05, 3.63) is 36.5 Å². The second kappa shape index (κ2) is 3.49. The number of aromatic nitrogens is 1. The number of pyridine rings is 1. The standard InChI is InChI=1S/C11H12N4/c12-7-1-2-10(14)9(5-7)11-6-8(13)3-4-15-11/h1-6H,12,14H2,(H2,13,15). The molecule has 0 unspecified atom stereocenters. The van der Waals surface area contributed by atoms with Crippen molar-refractivity contribution in [2.45, 2.75) is 0 Å². The zero-order chi connectivity index (χ0) is 10.8. The fourth-order valence-electron chi connectivity index (χ4n) is 1.39. The highest BCUT2D eigenvalue weighted by Crippen LogP contribution is 2.27. The van der Waals surface area contributed by atoms with E-state index in [0.717, 1.165) is 11.3 Å². The fourth-order valence-corrected chi connectivity index (χ4v) is 1.39. The largest absolute Gasteiger partial charge is 0.399 e. The molecule has 1 heterocycles. The summed E-state index contributed by atoms with van der Waals surface area (Å²) in [6, 6.07) is 8.80. The topological polar surface area (TPSA) is 90.9 Å². The molecule has 0 aliphatic rings. The molecule has 4 heteroatoms. The lowest BCUT2D eigenvalue weighted by atomic mass is 10.1. The molecule has 1 aromatic heterocycles. The third-order valence-corrected chi connectivity index (χ3v) is 2.14. The number of nitrogens with zero attached hydrogens (tertiary/aromatic N) is 1. The quantitative estimate of drug-likeness (QED) is 0.608. The number of benzene rings is 1. The Morgan fingerprint density at radius 2 is 1.60 bits per heavy atom. The van der Waals surface area contributed by atoms with Crippen molar-refractivity contribution >= 4 is 17.1 Å². The Morgan fingerprint density at radius 3 is 2.33 bits per heavy atom. The van der Waals surface area contributed by atoms with Gasteiger partial charge in [0.05, 0.1) is 5.69 Å². The zero-order valence-electron chi connectivity index (χ0n) is 8.14. The molecule has 6 N–H and O–H groups in total. The maximum Gasteiger partial charge on any atom is 0.0743 e. The van der Waals surface area contributed by atoms with Crippen LogP contribution >= 0.6 is 0 Å². The molecule has 2 rings (SSSR count). The predicted octanol–water partition coefficient (Wildman–Crippen LogP) is 1.50. The highest BCUT2D eigenvalue weighted by Gasteiger charge is 2.04. The molecule has 2 aromatic rings. The van der Waals surface area contributed by atoms with Gasteiger partial charge in [-0.25, -0.2) is 0 Å². The Bertz CT molecular complexity index is 494. The second-order valence-corrected chi connectivity index (χ2v) is 3.32. The summed E-state index contributed by atoms with van der Waals surface area (Å²) >= 11 is 0. The molecule has 4 nitrogen and oxygen atoms in total. The number of anilines is 3. The van der Waals surface area contributed by atoms with Crippen molar-refractivity contribution in [3.8, 4) is 11.3 Å². The van der Waals surface area contributed by atoms with E-state index in [2.05, 4.69) is 4.98 Å². The summed E-state index contributed by atoms with van der Waals surface area (Å²) in [5.74, 6) is 0. The van der Waals surface area contributed by atoms with Crippen LogP contribution in [0.2, 0.25) is 0 Å². The van der Waals surface area contributed by atoms with E-state index < -0.39 is 0 Å². The summed E-state index contributed by atoms with van der Waals surface area (Å²) in [6.45, 7) is 0. The van der Waals surface area contributed by atoms with Crippen LogP contribution in [0.4, 0.5) is 17.1 Å². The maximum absolute atomic E-state index is 5.84. The molecule has 0 radical (unpaired) electrons. The van der Waals surface area contributed by atoms with Crippen molar-refractivity contribution in [2.75, 3.05) is 17.2 Å². The molecular formula is C11H12N4. The van der Waals surface area contributed by atoms with E-state index in [1.54, 1.807) is 36.5 Å². The van der Waals surface area contributed by atoms with Crippen molar-refractivity contribution in [1.29, 1.82) is 0 Å². The second-order valence-electron chi connectivity index (χ2n) is 3.32. The number of nitrogens with two attached hydrogens (primary N) is 3. The van der Waals surface area contributed by atoms with Gasteiger partial charge in [-0.3, -0.25) is 4.98 Å². The minimum Gasteiger partial charge on any atom is -0.399 e. The molecule has 1 aromatic carbocycles. The van der Waals surface area contributed by atoms with Crippen molar-refractivity contribution in [3.63, 3.8) is 0 Å². The number of nitrogen functional groups attached to an aromatic ring is 3. The SMILES string of the molecule is Nc1ccnc(-c2cc(N)ccc2N)c1. The molecule has 0 bridgehead atoms. The van der Waals surface area contributed by atoms with E-state index in [1.807, 2.05) is 0 Å². The van der Waals surface area contributed by atoms with E-state index in [4.69, 9.17) is 17.2 Å². The van der Waals surface area contributed by atoms with Gasteiger partial charge in [-0.2, -0.15) is 0 Å². The van der Waals surface area contributed by atoms with Crippen LogP contribution in [0.1, 0.15) is 0 Å². The monoisotopic (exact) mass is 200 g/mol. The molecule has 0 saturated carbocycles. The first-order chi connectivity index (χ1) is 7.16. The minimum atomic E-state index is 0.641. The van der Waals surface area contributed by atoms with Crippen molar-refractivity contribution in [2.24, 2.45) is 0 Å². The van der Waals surface area contributed by atoms with E-state index in [9.17, 15) is 0 Å². The van der Waals surface area contributed by atoms with Crippen LogP contribution in [0, 0.1) is 0 Å². The van der Waals surface area contributed by atoms with E-state index in [0.29, 0.717) is 17.1 Å². The van der Waals surface area contributed by atoms with Gasteiger partial charge in [-0.15, -0.1) is 0 Å². The van der Waals surface area contributed by atoms with Gasteiger partial charge < -0.3 is 17.2 Å². The van der Waals surface area contributed by atoms with Crippen LogP contribution in [0.3, 0.4) is 0 Å². The maximum atomic E-state index is 5.84. The number of rotatable bonds is 1. The lowest BCUT2D eigenvalue weighted by Gasteiger charge is -2.06. The van der Waals surface area contributed by atoms with Gasteiger partial charge in [0.15, 0.2) is 0 Å². The molecule has 15 heavy (non-hydrogen) atoms. The van der Waals surface area contributed by atoms with Crippen LogP contribution in [-0.2, 0) is 0 Å². The summed E-state index contributed by atoms with van der Waals surface area (Å²) in [4.78, 5) is 4.20. The first-order valence-corrected chi connectivity index (χ1v) is 4.54. The molecule has 0 aliphatic heterocycles. The highest BCUT2D eigenvalue weighted by molar-refractivity contribution is 5.78. The van der Waals surface area contributed by atoms with Crippen LogP contribution < -0.4 is 17.2 Å². The molecule has 0 saturated heterocycles. The van der Waals surface area contributed by atoms with E-state index in [1.165, 1.54) is 0 Å². The average Bonchev–Trinajstić information content (AvgIpc) is 2.22. The molecule has 0 aliphatic carbocycles. The first-order valence-electron chi connectivity index (χ1n) is 4.54. The lowest BCUT2D eigenvalue weighted by Crippen LogP contribution is -1.95. The zero-order valence-corrected chi connectivity index (χ0v) is 8.14. The smallest absolute Gasteiger partial charge is 0.0743 e. The third kappa shape index (κ3) is 1.83. The predicted molar refractivity (Wildman–Crippen MR) is 62.9 cm³/mol. The summed E-state index contributed by atoms with van der Waals surface area (Å²) in [5, 5.41) is 0. The molecule has 0 amide bonds. The van der Waals surface area contributed by atoms with Gasteiger partial charge in [-0.05, 0) is 30.3 Å². The van der Waals surface area contributed by atoms with Crippen molar-refractivity contribution in [1.82, 2.24) is 4.98 Å². The van der Waals surface area contributed by atoms with Gasteiger partial charge in [0.1, 0.15) is 0 Å². The van der Waals surface area contributed by atoms with Gasteiger partial charge in [0, 0.05) is 28.8 Å².